The smallest absolute Gasteiger partial charge is 0.336 e. The Morgan fingerprint density at radius 2 is 1.06 bits per heavy atom. The van der Waals surface area contributed by atoms with Gasteiger partial charge in [-0.05, 0) is 37.3 Å². The number of hydrogen-bond acceptors (Lipinski definition) is 3. The largest absolute Gasteiger partial charge is 0.508 e. The number of rotatable bonds is 18. The van der Waals surface area contributed by atoms with Crippen LogP contribution in [0, 0.1) is 0 Å². The fourth-order valence-electron chi connectivity index (χ4n) is 4.24. The van der Waals surface area contributed by atoms with E-state index in [0.717, 1.165) is 44.9 Å². The van der Waals surface area contributed by atoms with Crippen molar-refractivity contribution in [2.45, 2.75) is 117 Å². The fourth-order valence-corrected chi connectivity index (χ4v) is 4.24. The molecular formula is C26H42O5. The quantitative estimate of drug-likeness (QED) is 0.210. The van der Waals surface area contributed by atoms with Gasteiger partial charge in [0.1, 0.15) is 5.75 Å². The summed E-state index contributed by atoms with van der Waals surface area (Å²) in [7, 11) is 0. The van der Waals surface area contributed by atoms with Crippen molar-refractivity contribution in [2.75, 3.05) is 0 Å². The van der Waals surface area contributed by atoms with Crippen molar-refractivity contribution in [1.29, 1.82) is 0 Å². The second kappa shape index (κ2) is 15.7. The Kier molecular flexibility index (Phi) is 13.7. The third-order valence-electron chi connectivity index (χ3n) is 6.02. The average Bonchev–Trinajstić information content (AvgIpc) is 2.73. The zero-order valence-corrected chi connectivity index (χ0v) is 19.5. The number of carbonyl (C=O) groups is 2. The topological polar surface area (TPSA) is 94.8 Å². The van der Waals surface area contributed by atoms with Crippen LogP contribution in [0.25, 0.3) is 0 Å². The van der Waals surface area contributed by atoms with Crippen molar-refractivity contribution in [3.05, 3.63) is 28.3 Å². The highest BCUT2D eigenvalue weighted by atomic mass is 16.4. The van der Waals surface area contributed by atoms with Crippen molar-refractivity contribution >= 4 is 11.9 Å². The number of carboxylic acid groups (broad SMARTS) is 2. The van der Waals surface area contributed by atoms with E-state index in [0.29, 0.717) is 24.0 Å². The summed E-state index contributed by atoms with van der Waals surface area (Å²) in [6, 6.07) is 1.25. The van der Waals surface area contributed by atoms with Gasteiger partial charge in [-0.25, -0.2) is 9.59 Å². The number of phenolic OH excluding ortho intramolecular Hbond substituents is 1. The molecule has 0 fully saturated rings. The SMILES string of the molecule is CCCCCCCCCc1c(O)cc(C(=O)O)c(CCCCCCCCC)c1C(=O)O. The third-order valence-corrected chi connectivity index (χ3v) is 6.02. The van der Waals surface area contributed by atoms with Crippen LogP contribution in [0.15, 0.2) is 6.07 Å². The first-order chi connectivity index (χ1) is 14.9. The number of hydrogen-bond donors (Lipinski definition) is 3. The number of aromatic carboxylic acids is 2. The zero-order chi connectivity index (χ0) is 23.1. The molecule has 0 aliphatic carbocycles. The van der Waals surface area contributed by atoms with Crippen molar-refractivity contribution in [2.24, 2.45) is 0 Å². The van der Waals surface area contributed by atoms with Gasteiger partial charge in [-0.2, -0.15) is 0 Å². The van der Waals surface area contributed by atoms with E-state index in [2.05, 4.69) is 13.8 Å². The van der Waals surface area contributed by atoms with Crippen molar-refractivity contribution in [3.63, 3.8) is 0 Å². The highest BCUT2D eigenvalue weighted by molar-refractivity contribution is 5.98. The van der Waals surface area contributed by atoms with E-state index >= 15 is 0 Å². The van der Waals surface area contributed by atoms with Gasteiger partial charge in [0.2, 0.25) is 0 Å². The van der Waals surface area contributed by atoms with Gasteiger partial charge in [0.15, 0.2) is 0 Å². The van der Waals surface area contributed by atoms with Crippen LogP contribution in [0.5, 0.6) is 5.75 Å². The molecule has 0 saturated carbocycles. The van der Waals surface area contributed by atoms with Crippen LogP contribution in [-0.4, -0.2) is 27.3 Å². The molecule has 1 rings (SSSR count). The predicted octanol–water partition coefficient (Wildman–Crippen LogP) is 7.37. The Bertz CT molecular complexity index is 681. The fraction of sp³-hybridized carbons (Fsp3) is 0.692. The Labute approximate surface area is 187 Å². The van der Waals surface area contributed by atoms with E-state index in [1.807, 2.05) is 0 Å². The lowest BCUT2D eigenvalue weighted by molar-refractivity contribution is 0.0693. The van der Waals surface area contributed by atoms with Gasteiger partial charge < -0.3 is 15.3 Å². The molecule has 0 bridgehead atoms. The Morgan fingerprint density at radius 3 is 1.48 bits per heavy atom. The van der Waals surface area contributed by atoms with Crippen LogP contribution in [-0.2, 0) is 12.8 Å². The minimum Gasteiger partial charge on any atom is -0.508 e. The van der Waals surface area contributed by atoms with E-state index in [4.69, 9.17) is 0 Å². The maximum absolute atomic E-state index is 12.1. The molecular weight excluding hydrogens is 392 g/mol. The van der Waals surface area contributed by atoms with Crippen LogP contribution >= 0.6 is 0 Å². The predicted molar refractivity (Wildman–Crippen MR) is 125 cm³/mol. The molecule has 3 N–H and O–H groups in total. The van der Waals surface area contributed by atoms with Gasteiger partial charge in [0.05, 0.1) is 11.1 Å². The van der Waals surface area contributed by atoms with Gasteiger partial charge in [0, 0.05) is 5.56 Å². The van der Waals surface area contributed by atoms with Crippen LogP contribution in [0.3, 0.4) is 0 Å². The van der Waals surface area contributed by atoms with Crippen LogP contribution in [0.2, 0.25) is 0 Å². The van der Waals surface area contributed by atoms with Crippen molar-refractivity contribution in [1.82, 2.24) is 0 Å². The molecule has 1 aromatic rings. The molecule has 0 radical (unpaired) electrons. The lowest BCUT2D eigenvalue weighted by Gasteiger charge is -2.16. The summed E-state index contributed by atoms with van der Waals surface area (Å²) in [6.07, 6.45) is 16.2. The summed E-state index contributed by atoms with van der Waals surface area (Å²) in [4.78, 5) is 23.8. The highest BCUT2D eigenvalue weighted by Crippen LogP contribution is 2.31. The molecule has 0 heterocycles. The molecule has 5 nitrogen and oxygen atoms in total. The van der Waals surface area contributed by atoms with Crippen LogP contribution < -0.4 is 0 Å². The lowest BCUT2D eigenvalue weighted by Crippen LogP contribution is -2.14. The average molecular weight is 435 g/mol. The first-order valence-electron chi connectivity index (χ1n) is 12.3. The lowest BCUT2D eigenvalue weighted by atomic mass is 9.89. The van der Waals surface area contributed by atoms with Gasteiger partial charge in [-0.15, -0.1) is 0 Å². The Morgan fingerprint density at radius 1 is 0.645 bits per heavy atom. The molecule has 0 aliphatic rings. The number of aromatic hydroxyl groups is 1. The molecule has 0 spiro atoms. The minimum atomic E-state index is -1.18. The Balaban J connectivity index is 2.86. The second-order valence-corrected chi connectivity index (χ2v) is 8.63. The molecule has 0 aromatic heterocycles. The monoisotopic (exact) mass is 434 g/mol. The van der Waals surface area contributed by atoms with E-state index in [1.54, 1.807) is 0 Å². The van der Waals surface area contributed by atoms with Gasteiger partial charge in [0.25, 0.3) is 0 Å². The minimum absolute atomic E-state index is 0.00867. The van der Waals surface area contributed by atoms with E-state index in [-0.39, 0.29) is 16.9 Å². The summed E-state index contributed by atoms with van der Waals surface area (Å²) >= 11 is 0. The Hall–Kier alpha value is -2.04. The number of benzene rings is 1. The molecule has 1 aromatic carbocycles. The maximum atomic E-state index is 12.1. The number of unbranched alkanes of at least 4 members (excludes halogenated alkanes) is 12. The number of phenols is 1. The van der Waals surface area contributed by atoms with E-state index in [9.17, 15) is 24.9 Å². The molecule has 31 heavy (non-hydrogen) atoms. The first-order valence-corrected chi connectivity index (χ1v) is 12.3. The maximum Gasteiger partial charge on any atom is 0.336 e. The van der Waals surface area contributed by atoms with Crippen molar-refractivity contribution in [3.8, 4) is 5.75 Å². The van der Waals surface area contributed by atoms with Gasteiger partial charge in [-0.3, -0.25) is 0 Å². The third kappa shape index (κ3) is 9.75. The normalized spacial score (nSPS) is 11.0. The highest BCUT2D eigenvalue weighted by Gasteiger charge is 2.25. The van der Waals surface area contributed by atoms with Gasteiger partial charge >= 0.3 is 11.9 Å². The van der Waals surface area contributed by atoms with Crippen LogP contribution in [0.4, 0.5) is 0 Å². The summed E-state index contributed by atoms with van der Waals surface area (Å²) in [5, 5.41) is 29.9. The first kappa shape index (κ1) is 27.0. The zero-order valence-electron chi connectivity index (χ0n) is 19.5. The molecule has 0 saturated heterocycles. The summed E-state index contributed by atoms with van der Waals surface area (Å²) < 4.78 is 0. The van der Waals surface area contributed by atoms with Crippen molar-refractivity contribution < 1.29 is 24.9 Å². The summed E-state index contributed by atoms with van der Waals surface area (Å²) in [5.41, 5.74) is 0.687. The van der Waals surface area contributed by atoms with Gasteiger partial charge in [-0.1, -0.05) is 90.9 Å². The van der Waals surface area contributed by atoms with E-state index < -0.39 is 11.9 Å². The second-order valence-electron chi connectivity index (χ2n) is 8.63. The molecule has 176 valence electrons. The van der Waals surface area contributed by atoms with Crippen LogP contribution in [0.1, 0.15) is 136 Å². The summed E-state index contributed by atoms with van der Waals surface area (Å²) in [5.74, 6) is -2.53. The molecule has 0 atom stereocenters. The molecule has 0 unspecified atom stereocenters. The molecule has 0 amide bonds. The molecule has 5 heteroatoms. The summed E-state index contributed by atoms with van der Waals surface area (Å²) in [6.45, 7) is 4.36. The number of carboxylic acids is 2. The standard InChI is InChI=1S/C26H42O5/c1-3-5-7-9-11-13-15-17-20-22(25(28)29)19-23(27)21(24(20)26(30)31)18-16-14-12-10-8-6-4-2/h19,27H,3-18H2,1-2H3,(H,28,29)(H,30,31). The molecule has 0 aliphatic heterocycles. The van der Waals surface area contributed by atoms with E-state index in [1.165, 1.54) is 51.0 Å².